The van der Waals surface area contributed by atoms with Gasteiger partial charge in [0.25, 0.3) is 0 Å². The van der Waals surface area contributed by atoms with Crippen molar-refractivity contribution in [1.82, 2.24) is 4.57 Å². The number of rotatable bonds is 2. The number of furan rings is 1. The molecule has 10 aromatic rings. The first-order valence-corrected chi connectivity index (χ1v) is 18.9. The van der Waals surface area contributed by atoms with Gasteiger partial charge in [0.1, 0.15) is 11.2 Å². The van der Waals surface area contributed by atoms with Crippen molar-refractivity contribution in [1.29, 1.82) is 0 Å². The predicted octanol–water partition coefficient (Wildman–Crippen LogP) is 13.3. The fourth-order valence-electron chi connectivity index (χ4n) is 9.32. The number of fused-ring (bicyclic) bond motifs is 14. The lowest BCUT2D eigenvalue weighted by Crippen LogP contribution is -2.39. The van der Waals surface area contributed by atoms with Gasteiger partial charge in [-0.15, -0.1) is 0 Å². The first-order valence-electron chi connectivity index (χ1n) is 18.1. The molecule has 0 amide bonds. The van der Waals surface area contributed by atoms with Gasteiger partial charge >= 0.3 is 0 Å². The lowest BCUT2D eigenvalue weighted by molar-refractivity contribution is 0.669. The van der Waals surface area contributed by atoms with E-state index in [9.17, 15) is 0 Å². The summed E-state index contributed by atoms with van der Waals surface area (Å²) in [6, 6.07) is 66.7. The standard InChI is InChI=1S/C49H30N2OS/c1-2-14-31(15-3-1)50-42-22-10-6-18-37(42)49(38-19-7-11-23-43(38)50)39-20-8-13-25-47(39)53-48-30-44-35(29-40(48)49)33-16-4-9-21-41(33)51(44)32-26-27-46-36(28-32)34-17-5-12-24-45(34)52-46/h1-30H. The van der Waals surface area contributed by atoms with E-state index in [2.05, 4.69) is 179 Å². The third-order valence-electron chi connectivity index (χ3n) is 11.4. The maximum atomic E-state index is 6.25. The van der Waals surface area contributed by atoms with E-state index in [1.165, 1.54) is 65.2 Å². The van der Waals surface area contributed by atoms with Gasteiger partial charge in [-0.25, -0.2) is 0 Å². The van der Waals surface area contributed by atoms with Gasteiger partial charge in [-0.05, 0) is 95.1 Å². The summed E-state index contributed by atoms with van der Waals surface area (Å²) in [5, 5.41) is 4.75. The van der Waals surface area contributed by atoms with Crippen LogP contribution in [0.5, 0.6) is 0 Å². The monoisotopic (exact) mass is 694 g/mol. The maximum absolute atomic E-state index is 6.25. The van der Waals surface area contributed by atoms with Crippen LogP contribution in [0.4, 0.5) is 17.1 Å². The number of para-hydroxylation sites is 5. The Hall–Kier alpha value is -6.49. The van der Waals surface area contributed by atoms with Gasteiger partial charge in [0.15, 0.2) is 0 Å². The number of benzene rings is 8. The summed E-state index contributed by atoms with van der Waals surface area (Å²) in [6.07, 6.45) is 0. The maximum Gasteiger partial charge on any atom is 0.135 e. The first kappa shape index (κ1) is 29.1. The second kappa shape index (κ2) is 10.8. The van der Waals surface area contributed by atoms with Crippen LogP contribution in [0.1, 0.15) is 22.3 Å². The van der Waals surface area contributed by atoms with Crippen LogP contribution < -0.4 is 4.90 Å². The molecule has 0 bridgehead atoms. The van der Waals surface area contributed by atoms with Crippen LogP contribution in [0.25, 0.3) is 49.4 Å². The summed E-state index contributed by atoms with van der Waals surface area (Å²) in [4.78, 5) is 5.00. The highest BCUT2D eigenvalue weighted by atomic mass is 32.2. The molecule has 4 heterocycles. The van der Waals surface area contributed by atoms with E-state index in [1.54, 1.807) is 0 Å². The second-order valence-corrected chi connectivity index (χ2v) is 15.1. The van der Waals surface area contributed by atoms with E-state index in [0.717, 1.165) is 33.3 Å². The molecule has 0 saturated carbocycles. The van der Waals surface area contributed by atoms with Crippen LogP contribution in [0.15, 0.2) is 196 Å². The molecular weight excluding hydrogens is 665 g/mol. The molecule has 53 heavy (non-hydrogen) atoms. The highest BCUT2D eigenvalue weighted by Gasteiger charge is 2.50. The molecule has 2 aliphatic rings. The molecule has 0 atom stereocenters. The lowest BCUT2D eigenvalue weighted by Gasteiger charge is -2.49. The van der Waals surface area contributed by atoms with Gasteiger partial charge in [-0.2, -0.15) is 0 Å². The summed E-state index contributed by atoms with van der Waals surface area (Å²) < 4.78 is 8.69. The van der Waals surface area contributed by atoms with Crippen molar-refractivity contribution in [2.45, 2.75) is 15.2 Å². The average Bonchev–Trinajstić information content (AvgIpc) is 3.75. The molecule has 12 rings (SSSR count). The SMILES string of the molecule is c1ccc(N2c3ccccc3C3(c4ccccc4Sc4cc5c(cc43)c3ccccc3n5-c3ccc4oc5ccccc5c4c3)c3ccccc32)cc1. The number of hydrogen-bond acceptors (Lipinski definition) is 3. The zero-order chi connectivity index (χ0) is 34.7. The van der Waals surface area contributed by atoms with E-state index in [4.69, 9.17) is 4.42 Å². The Morgan fingerprint density at radius 2 is 1.04 bits per heavy atom. The van der Waals surface area contributed by atoms with Crippen LogP contribution in [0.2, 0.25) is 0 Å². The normalized spacial score (nSPS) is 14.1. The lowest BCUT2D eigenvalue weighted by atomic mass is 9.62. The van der Waals surface area contributed by atoms with Crippen molar-refractivity contribution in [3.63, 3.8) is 0 Å². The highest BCUT2D eigenvalue weighted by Crippen LogP contribution is 2.63. The van der Waals surface area contributed by atoms with Crippen LogP contribution in [0.3, 0.4) is 0 Å². The third-order valence-corrected chi connectivity index (χ3v) is 12.6. The molecule has 2 aromatic heterocycles. The third kappa shape index (κ3) is 3.85. The smallest absolute Gasteiger partial charge is 0.135 e. The average molecular weight is 695 g/mol. The van der Waals surface area contributed by atoms with Gasteiger partial charge in [0.2, 0.25) is 0 Å². The minimum Gasteiger partial charge on any atom is -0.456 e. The molecule has 0 aliphatic carbocycles. The molecular formula is C49H30N2OS. The van der Waals surface area contributed by atoms with Crippen molar-refractivity contribution < 1.29 is 4.42 Å². The Morgan fingerprint density at radius 1 is 0.396 bits per heavy atom. The molecule has 0 radical (unpaired) electrons. The van der Waals surface area contributed by atoms with Crippen molar-refractivity contribution >= 4 is 72.6 Å². The fourth-order valence-corrected chi connectivity index (χ4v) is 10.5. The van der Waals surface area contributed by atoms with Gasteiger partial charge in [-0.1, -0.05) is 121 Å². The summed E-state index contributed by atoms with van der Waals surface area (Å²) in [7, 11) is 0. The largest absolute Gasteiger partial charge is 0.456 e. The van der Waals surface area contributed by atoms with Crippen LogP contribution >= 0.6 is 11.8 Å². The molecule has 0 fully saturated rings. The van der Waals surface area contributed by atoms with Crippen molar-refractivity contribution in [2.75, 3.05) is 4.90 Å². The van der Waals surface area contributed by atoms with Gasteiger partial charge < -0.3 is 13.9 Å². The van der Waals surface area contributed by atoms with E-state index >= 15 is 0 Å². The topological polar surface area (TPSA) is 21.3 Å². The molecule has 2 aliphatic heterocycles. The first-order chi connectivity index (χ1) is 26.3. The van der Waals surface area contributed by atoms with Gasteiger partial charge in [0, 0.05) is 42.7 Å². The Labute approximate surface area is 310 Å². The summed E-state index contributed by atoms with van der Waals surface area (Å²) in [6.45, 7) is 0. The number of nitrogens with zero attached hydrogens (tertiary/aromatic N) is 2. The minimum atomic E-state index is -0.540. The Balaban J connectivity index is 1.20. The number of hydrogen-bond donors (Lipinski definition) is 0. The zero-order valence-electron chi connectivity index (χ0n) is 28.5. The molecule has 1 spiro atoms. The summed E-state index contributed by atoms with van der Waals surface area (Å²) in [5.41, 5.74) is 13.6. The predicted molar refractivity (Wildman–Crippen MR) is 219 cm³/mol. The quantitative estimate of drug-likeness (QED) is 0.180. The molecule has 248 valence electrons. The second-order valence-electron chi connectivity index (χ2n) is 14.1. The van der Waals surface area contributed by atoms with Crippen molar-refractivity contribution in [3.05, 3.63) is 204 Å². The molecule has 0 unspecified atom stereocenters. The summed E-state index contributed by atoms with van der Waals surface area (Å²) >= 11 is 1.89. The van der Waals surface area contributed by atoms with Crippen LogP contribution in [-0.2, 0) is 5.41 Å². The van der Waals surface area contributed by atoms with E-state index in [1.807, 2.05) is 23.9 Å². The molecule has 0 N–H and O–H groups in total. The molecule has 4 heteroatoms. The molecule has 3 nitrogen and oxygen atoms in total. The van der Waals surface area contributed by atoms with Gasteiger partial charge in [0.05, 0.1) is 27.8 Å². The number of anilines is 3. The van der Waals surface area contributed by atoms with Gasteiger partial charge in [-0.3, -0.25) is 0 Å². The highest BCUT2D eigenvalue weighted by molar-refractivity contribution is 7.99. The van der Waals surface area contributed by atoms with Crippen LogP contribution in [-0.4, -0.2) is 4.57 Å². The Morgan fingerprint density at radius 3 is 1.85 bits per heavy atom. The van der Waals surface area contributed by atoms with Crippen molar-refractivity contribution in [3.8, 4) is 5.69 Å². The fraction of sp³-hybridized carbons (Fsp3) is 0.0204. The van der Waals surface area contributed by atoms with E-state index in [0.29, 0.717) is 0 Å². The van der Waals surface area contributed by atoms with E-state index in [-0.39, 0.29) is 0 Å². The zero-order valence-corrected chi connectivity index (χ0v) is 29.3. The van der Waals surface area contributed by atoms with Crippen molar-refractivity contribution in [2.24, 2.45) is 0 Å². The Bertz CT molecular complexity index is 3070. The number of aromatic nitrogens is 1. The van der Waals surface area contributed by atoms with Crippen LogP contribution in [0, 0.1) is 0 Å². The molecule has 8 aromatic carbocycles. The van der Waals surface area contributed by atoms with E-state index < -0.39 is 5.41 Å². The molecule has 0 saturated heterocycles. The summed E-state index contributed by atoms with van der Waals surface area (Å²) in [5.74, 6) is 0. The Kier molecular flexibility index (Phi) is 5.92. The minimum absolute atomic E-state index is 0.540.